The Balaban J connectivity index is 0.932. The first kappa shape index (κ1) is 49.5. The lowest BCUT2D eigenvalue weighted by molar-refractivity contribution is -0.154. The van der Waals surface area contributed by atoms with Gasteiger partial charge in [0.2, 0.25) is 29.5 Å². The molecule has 69 heavy (non-hydrogen) atoms. The zero-order valence-corrected chi connectivity index (χ0v) is 41.5. The van der Waals surface area contributed by atoms with Crippen molar-refractivity contribution in [2.45, 2.75) is 129 Å². The number of hydrogen-bond acceptors (Lipinski definition) is 10. The number of carbonyl (C=O) groups excluding carboxylic acids is 6. The van der Waals surface area contributed by atoms with Crippen molar-refractivity contribution in [3.8, 4) is 10.4 Å². The number of amides is 6. The lowest BCUT2D eigenvalue weighted by Gasteiger charge is -2.40. The highest BCUT2D eigenvalue weighted by Gasteiger charge is 2.49. The number of nitrogens with one attached hydrogen (secondary N) is 2. The second-order valence-corrected chi connectivity index (χ2v) is 21.4. The van der Waals surface area contributed by atoms with Crippen LogP contribution in [-0.4, -0.2) is 128 Å². The number of nitrogens with zero attached hydrogens (tertiary/aromatic N) is 5. The molecular formula is C53H65N7O8S. The molecule has 4 aromatic rings. The Bertz CT molecular complexity index is 2550. The first-order valence-electron chi connectivity index (χ1n) is 24.1. The van der Waals surface area contributed by atoms with Gasteiger partial charge in [0, 0.05) is 58.2 Å². The van der Waals surface area contributed by atoms with E-state index in [9.17, 15) is 33.9 Å². The molecule has 4 heterocycles. The largest absolute Gasteiger partial charge is 0.391 e. The Morgan fingerprint density at radius 2 is 1.46 bits per heavy atom. The van der Waals surface area contributed by atoms with E-state index in [1.165, 1.54) is 40.2 Å². The van der Waals surface area contributed by atoms with Crippen LogP contribution in [0.1, 0.15) is 105 Å². The molecule has 1 aliphatic carbocycles. The number of likely N-dealkylation sites (tertiary alicyclic amines) is 2. The highest BCUT2D eigenvalue weighted by atomic mass is 32.1. The molecule has 0 unspecified atom stereocenters. The number of hydrogen-bond donors (Lipinski definition) is 3. The first-order chi connectivity index (χ1) is 32.9. The molecule has 0 bridgehead atoms. The fraction of sp³-hybridized carbons (Fsp3) is 0.491. The molecule has 0 spiro atoms. The van der Waals surface area contributed by atoms with Crippen molar-refractivity contribution in [2.24, 2.45) is 11.3 Å². The summed E-state index contributed by atoms with van der Waals surface area (Å²) in [6, 6.07) is 19.5. The quantitative estimate of drug-likeness (QED) is 0.132. The van der Waals surface area contributed by atoms with Crippen LogP contribution < -0.4 is 10.6 Å². The maximum Gasteiger partial charge on any atom is 0.255 e. The third-order valence-electron chi connectivity index (χ3n) is 14.0. The maximum atomic E-state index is 14.8. The Morgan fingerprint density at radius 3 is 2.04 bits per heavy atom. The monoisotopic (exact) mass is 959 g/mol. The summed E-state index contributed by atoms with van der Waals surface area (Å²) in [7, 11) is 1.52. The van der Waals surface area contributed by atoms with Crippen molar-refractivity contribution >= 4 is 46.8 Å². The number of benzene rings is 3. The number of rotatable bonds is 16. The number of aromatic nitrogens is 1. The van der Waals surface area contributed by atoms with E-state index in [4.69, 9.17) is 4.74 Å². The van der Waals surface area contributed by atoms with Crippen LogP contribution in [0.3, 0.4) is 0 Å². The molecule has 3 aliphatic heterocycles. The Kier molecular flexibility index (Phi) is 14.7. The molecule has 6 atom stereocenters. The second-order valence-electron chi connectivity index (χ2n) is 20.5. The molecule has 1 saturated carbocycles. The zero-order chi connectivity index (χ0) is 49.3. The number of ether oxygens (including phenoxy) is 1. The summed E-state index contributed by atoms with van der Waals surface area (Å²) in [5, 5.41) is 16.8. The van der Waals surface area contributed by atoms with Gasteiger partial charge in [-0.15, -0.1) is 11.3 Å². The van der Waals surface area contributed by atoms with Crippen molar-refractivity contribution in [2.75, 3.05) is 26.7 Å². The van der Waals surface area contributed by atoms with E-state index in [0.717, 1.165) is 32.8 Å². The van der Waals surface area contributed by atoms with Crippen LogP contribution in [0.4, 0.5) is 0 Å². The van der Waals surface area contributed by atoms with Crippen LogP contribution in [0, 0.1) is 18.3 Å². The van der Waals surface area contributed by atoms with Crippen LogP contribution in [0.5, 0.6) is 0 Å². The van der Waals surface area contributed by atoms with Gasteiger partial charge in [0.15, 0.2) is 0 Å². The standard InChI is InChI=1S/C53H65N7O8S/c1-31(2)45(60-26-38-10-8-9-11-41(38)50(60)65)51(66)59-28-40(23-43(59)49(64)55-24-33-12-16-35(17-13-33)36-20-21-36)68-29-44(62)57(7)47(53(4,5)6)52(67)58-27-39(61)22-42(58)48(63)54-25-34-14-18-37(19-15-34)46-32(3)56-30-69-46/h8-19,30-31,36,39-40,42-43,45,47,61H,20-29H2,1-7H3,(H,54,63)(H,55,64)/t39-,40-,42+,43+,45+,47-/m1/s1. The average molecular weight is 960 g/mol. The number of likely N-dealkylation sites (N-methyl/N-ethyl adjacent to an activating group) is 1. The zero-order valence-electron chi connectivity index (χ0n) is 40.6. The highest BCUT2D eigenvalue weighted by molar-refractivity contribution is 7.13. The van der Waals surface area contributed by atoms with Gasteiger partial charge >= 0.3 is 0 Å². The normalized spacial score (nSPS) is 21.1. The summed E-state index contributed by atoms with van der Waals surface area (Å²) < 4.78 is 6.26. The van der Waals surface area contributed by atoms with Gasteiger partial charge in [0.25, 0.3) is 5.91 Å². The SMILES string of the molecule is Cc1ncsc1-c1ccc(CNC(=O)[C@@H]2C[C@@H](O)CN2C(=O)[C@@H](N(C)C(=O)CO[C@@H]2C[C@@H](C(=O)NCc3ccc(C4CC4)cc3)N(C(=O)[C@H](C(C)C)N3Cc4ccccc4C3=O)C2)C(C)(C)C)cc1. The third kappa shape index (κ3) is 10.9. The number of thiazole rings is 1. The summed E-state index contributed by atoms with van der Waals surface area (Å²) in [5.41, 5.74) is 7.45. The molecular weight excluding hydrogens is 895 g/mol. The van der Waals surface area contributed by atoms with E-state index in [2.05, 4.69) is 27.8 Å². The Labute approximate surface area is 408 Å². The van der Waals surface area contributed by atoms with Gasteiger partial charge < -0.3 is 40.1 Å². The molecule has 16 heteroatoms. The van der Waals surface area contributed by atoms with Gasteiger partial charge in [0.1, 0.15) is 30.8 Å². The fourth-order valence-corrected chi connectivity index (χ4v) is 11.0. The molecule has 6 amide bonds. The van der Waals surface area contributed by atoms with Crippen LogP contribution in [-0.2, 0) is 48.3 Å². The van der Waals surface area contributed by atoms with E-state index in [0.29, 0.717) is 11.5 Å². The number of fused-ring (bicyclic) bond motifs is 1. The van der Waals surface area contributed by atoms with Crippen molar-refractivity contribution in [1.82, 2.24) is 35.2 Å². The minimum atomic E-state index is -1.04. The van der Waals surface area contributed by atoms with E-state index in [-0.39, 0.29) is 69.2 Å². The number of aryl methyl sites for hydroxylation is 1. The van der Waals surface area contributed by atoms with Crippen molar-refractivity contribution in [3.05, 3.63) is 112 Å². The molecule has 2 saturated heterocycles. The minimum absolute atomic E-state index is 0.00220. The molecule has 3 aromatic carbocycles. The summed E-state index contributed by atoms with van der Waals surface area (Å²) in [5.74, 6) is -2.06. The van der Waals surface area contributed by atoms with E-state index < -0.39 is 66.1 Å². The van der Waals surface area contributed by atoms with Crippen LogP contribution in [0.15, 0.2) is 78.3 Å². The molecule has 3 N–H and O–H groups in total. The number of aliphatic hydroxyl groups is 1. The maximum absolute atomic E-state index is 14.8. The molecule has 15 nitrogen and oxygen atoms in total. The van der Waals surface area contributed by atoms with Gasteiger partial charge in [-0.3, -0.25) is 28.8 Å². The van der Waals surface area contributed by atoms with Gasteiger partial charge in [-0.2, -0.15) is 0 Å². The van der Waals surface area contributed by atoms with Crippen molar-refractivity contribution in [3.63, 3.8) is 0 Å². The number of β-amino-alcohol motifs (C(OH)–C–C–N with tert-alkyl or cyclic N) is 1. The smallest absolute Gasteiger partial charge is 0.255 e. The van der Waals surface area contributed by atoms with E-state index >= 15 is 0 Å². The van der Waals surface area contributed by atoms with Crippen LogP contribution in [0.25, 0.3) is 10.4 Å². The second kappa shape index (κ2) is 20.6. The molecule has 4 aliphatic rings. The predicted molar refractivity (Wildman–Crippen MR) is 261 cm³/mol. The lowest BCUT2D eigenvalue weighted by Crippen LogP contribution is -2.58. The van der Waals surface area contributed by atoms with Crippen molar-refractivity contribution in [1.29, 1.82) is 0 Å². The highest BCUT2D eigenvalue weighted by Crippen LogP contribution is 2.40. The van der Waals surface area contributed by atoms with Crippen LogP contribution >= 0.6 is 11.3 Å². The van der Waals surface area contributed by atoms with E-state index in [1.807, 2.05) is 90.1 Å². The topological polar surface area (TPSA) is 182 Å². The minimum Gasteiger partial charge on any atom is -0.391 e. The number of aliphatic hydroxyl groups excluding tert-OH is 1. The summed E-state index contributed by atoms with van der Waals surface area (Å²) in [6.45, 7) is 11.4. The molecule has 8 rings (SSSR count). The van der Waals surface area contributed by atoms with Gasteiger partial charge in [-0.1, -0.05) is 101 Å². The van der Waals surface area contributed by atoms with Crippen LogP contribution in [0.2, 0.25) is 0 Å². The summed E-state index contributed by atoms with van der Waals surface area (Å²) in [6.07, 6.45) is 0.869. The molecule has 0 radical (unpaired) electrons. The number of carbonyl (C=O) groups is 6. The third-order valence-corrected chi connectivity index (χ3v) is 15.0. The molecule has 3 fully saturated rings. The lowest BCUT2D eigenvalue weighted by atomic mass is 9.84. The Hall–Kier alpha value is -5.97. The van der Waals surface area contributed by atoms with Gasteiger partial charge in [-0.25, -0.2) is 4.98 Å². The fourth-order valence-electron chi connectivity index (χ4n) is 10.2. The first-order valence-corrected chi connectivity index (χ1v) is 25.0. The Morgan fingerprint density at radius 1 is 0.855 bits per heavy atom. The summed E-state index contributed by atoms with van der Waals surface area (Å²) in [4.78, 5) is 96.2. The molecule has 366 valence electrons. The predicted octanol–water partition coefficient (Wildman–Crippen LogP) is 5.43. The van der Waals surface area contributed by atoms with Gasteiger partial charge in [-0.05, 0) is 70.9 Å². The van der Waals surface area contributed by atoms with E-state index in [1.54, 1.807) is 33.9 Å². The molecule has 1 aromatic heterocycles. The van der Waals surface area contributed by atoms with Gasteiger partial charge in [0.05, 0.1) is 28.3 Å². The summed E-state index contributed by atoms with van der Waals surface area (Å²) >= 11 is 1.56. The average Bonchev–Trinajstić information content (AvgIpc) is 3.56. The van der Waals surface area contributed by atoms with Crippen molar-refractivity contribution < 1.29 is 38.6 Å².